The number of hydrogen-bond acceptors (Lipinski definition) is 6. The standard InChI is InChI=1S/C20H17F2NO5S/c1-11-13-9-12(26-2)7-8-15(13)28-18(11)19(25)27-10-17(24)23-14-5-3-4-6-16(14)29-20(21)22/h3-9,20H,10H2,1-2H3,(H,23,24). The maximum atomic E-state index is 12.6. The summed E-state index contributed by atoms with van der Waals surface area (Å²) in [4.78, 5) is 24.6. The number of anilines is 1. The van der Waals surface area contributed by atoms with Crippen molar-refractivity contribution < 1.29 is 32.3 Å². The van der Waals surface area contributed by atoms with Crippen molar-refractivity contribution in [3.05, 3.63) is 53.8 Å². The largest absolute Gasteiger partial charge is 0.497 e. The number of esters is 1. The lowest BCUT2D eigenvalue weighted by Crippen LogP contribution is -2.21. The van der Waals surface area contributed by atoms with E-state index in [1.807, 2.05) is 0 Å². The van der Waals surface area contributed by atoms with Crippen LogP contribution >= 0.6 is 11.8 Å². The van der Waals surface area contributed by atoms with E-state index in [1.165, 1.54) is 19.2 Å². The van der Waals surface area contributed by atoms with Gasteiger partial charge in [-0.1, -0.05) is 23.9 Å². The first-order valence-corrected chi connectivity index (χ1v) is 9.35. The van der Waals surface area contributed by atoms with Gasteiger partial charge < -0.3 is 19.2 Å². The Labute approximate surface area is 169 Å². The second kappa shape index (κ2) is 8.95. The number of carbonyl (C=O) groups is 2. The molecule has 0 aliphatic carbocycles. The van der Waals surface area contributed by atoms with Gasteiger partial charge in [-0.25, -0.2) is 4.79 Å². The number of para-hydroxylation sites is 1. The van der Waals surface area contributed by atoms with Gasteiger partial charge in [0, 0.05) is 15.8 Å². The van der Waals surface area contributed by atoms with Gasteiger partial charge in [0.2, 0.25) is 5.76 Å². The molecule has 0 unspecified atom stereocenters. The van der Waals surface area contributed by atoms with Crippen molar-refractivity contribution >= 4 is 40.3 Å². The normalized spacial score (nSPS) is 10.9. The molecule has 2 aromatic carbocycles. The molecule has 1 N–H and O–H groups in total. The first kappa shape index (κ1) is 20.7. The fourth-order valence-corrected chi connectivity index (χ4v) is 3.27. The van der Waals surface area contributed by atoms with E-state index in [9.17, 15) is 18.4 Å². The van der Waals surface area contributed by atoms with Crippen LogP contribution in [0.1, 0.15) is 16.1 Å². The van der Waals surface area contributed by atoms with Gasteiger partial charge >= 0.3 is 5.97 Å². The molecule has 29 heavy (non-hydrogen) atoms. The predicted molar refractivity (Wildman–Crippen MR) is 105 cm³/mol. The molecule has 0 fully saturated rings. The van der Waals surface area contributed by atoms with Crippen molar-refractivity contribution in [2.75, 3.05) is 19.0 Å². The molecule has 3 aromatic rings. The summed E-state index contributed by atoms with van der Waals surface area (Å²) in [6, 6.07) is 11.2. The highest BCUT2D eigenvalue weighted by Crippen LogP contribution is 2.32. The number of aryl methyl sites for hydroxylation is 1. The predicted octanol–water partition coefficient (Wildman–Crippen LogP) is 4.86. The number of amides is 1. The number of methoxy groups -OCH3 is 1. The van der Waals surface area contributed by atoms with Crippen LogP contribution in [-0.4, -0.2) is 31.4 Å². The minimum Gasteiger partial charge on any atom is -0.497 e. The lowest BCUT2D eigenvalue weighted by Gasteiger charge is -2.10. The number of fused-ring (bicyclic) bond motifs is 1. The van der Waals surface area contributed by atoms with Gasteiger partial charge in [-0.2, -0.15) is 8.78 Å². The Kier molecular flexibility index (Phi) is 6.38. The molecule has 0 spiro atoms. The average molecular weight is 421 g/mol. The maximum Gasteiger partial charge on any atom is 0.375 e. The molecule has 0 aliphatic heterocycles. The molecule has 0 radical (unpaired) electrons. The van der Waals surface area contributed by atoms with E-state index in [-0.39, 0.29) is 16.3 Å². The van der Waals surface area contributed by atoms with Crippen molar-refractivity contribution in [1.82, 2.24) is 0 Å². The molecular weight excluding hydrogens is 404 g/mol. The Morgan fingerprint density at radius 2 is 1.97 bits per heavy atom. The number of thioether (sulfide) groups is 1. The summed E-state index contributed by atoms with van der Waals surface area (Å²) in [5, 5.41) is 3.15. The third kappa shape index (κ3) is 4.86. The average Bonchev–Trinajstić information content (AvgIpc) is 3.03. The number of rotatable bonds is 7. The first-order chi connectivity index (χ1) is 13.9. The highest BCUT2D eigenvalue weighted by Gasteiger charge is 2.21. The van der Waals surface area contributed by atoms with E-state index < -0.39 is 24.2 Å². The van der Waals surface area contributed by atoms with Gasteiger partial charge in [0.15, 0.2) is 6.61 Å². The van der Waals surface area contributed by atoms with Crippen LogP contribution in [0, 0.1) is 6.92 Å². The van der Waals surface area contributed by atoms with Gasteiger partial charge in [-0.3, -0.25) is 4.79 Å². The summed E-state index contributed by atoms with van der Waals surface area (Å²) in [5.41, 5.74) is 1.26. The molecule has 0 bridgehead atoms. The highest BCUT2D eigenvalue weighted by molar-refractivity contribution is 7.99. The van der Waals surface area contributed by atoms with Crippen molar-refractivity contribution in [3.63, 3.8) is 0 Å². The summed E-state index contributed by atoms with van der Waals surface area (Å²) >= 11 is 0.315. The van der Waals surface area contributed by atoms with Crippen molar-refractivity contribution in [1.29, 1.82) is 0 Å². The second-order valence-electron chi connectivity index (χ2n) is 5.92. The second-order valence-corrected chi connectivity index (χ2v) is 6.95. The van der Waals surface area contributed by atoms with Gasteiger partial charge in [-0.05, 0) is 37.3 Å². The number of carbonyl (C=O) groups excluding carboxylic acids is 2. The Balaban J connectivity index is 1.66. The van der Waals surface area contributed by atoms with Crippen LogP contribution < -0.4 is 10.1 Å². The molecule has 1 aromatic heterocycles. The smallest absolute Gasteiger partial charge is 0.375 e. The number of nitrogens with one attached hydrogen (secondary N) is 1. The first-order valence-electron chi connectivity index (χ1n) is 8.47. The molecule has 0 aliphatic rings. The minimum atomic E-state index is -2.62. The molecule has 0 saturated heterocycles. The van der Waals surface area contributed by atoms with Gasteiger partial charge in [0.1, 0.15) is 11.3 Å². The fraction of sp³-hybridized carbons (Fsp3) is 0.200. The van der Waals surface area contributed by atoms with Crippen molar-refractivity contribution in [2.24, 2.45) is 0 Å². The minimum absolute atomic E-state index is 0.0188. The van der Waals surface area contributed by atoms with Crippen LogP contribution in [0.3, 0.4) is 0 Å². The van der Waals surface area contributed by atoms with Crippen LogP contribution in [0.25, 0.3) is 11.0 Å². The zero-order valence-electron chi connectivity index (χ0n) is 15.5. The molecule has 0 saturated carbocycles. The topological polar surface area (TPSA) is 77.8 Å². The zero-order chi connectivity index (χ0) is 21.0. The van der Waals surface area contributed by atoms with Crippen LogP contribution in [0.4, 0.5) is 14.5 Å². The maximum absolute atomic E-state index is 12.6. The van der Waals surface area contributed by atoms with E-state index in [2.05, 4.69) is 5.32 Å². The van der Waals surface area contributed by atoms with Gasteiger partial charge in [-0.15, -0.1) is 0 Å². The van der Waals surface area contributed by atoms with Crippen LogP contribution in [-0.2, 0) is 9.53 Å². The summed E-state index contributed by atoms with van der Waals surface area (Å²) in [7, 11) is 1.53. The molecule has 6 nitrogen and oxygen atoms in total. The number of halogens is 2. The summed E-state index contributed by atoms with van der Waals surface area (Å²) in [5.74, 6) is -3.49. The molecule has 152 valence electrons. The molecular formula is C20H17F2NO5S. The number of benzene rings is 2. The Hall–Kier alpha value is -3.07. The van der Waals surface area contributed by atoms with E-state index >= 15 is 0 Å². The molecule has 3 rings (SSSR count). The zero-order valence-corrected chi connectivity index (χ0v) is 16.3. The van der Waals surface area contributed by atoms with Gasteiger partial charge in [0.25, 0.3) is 11.7 Å². The van der Waals surface area contributed by atoms with Crippen LogP contribution in [0.15, 0.2) is 51.8 Å². The van der Waals surface area contributed by atoms with E-state index in [1.54, 1.807) is 37.3 Å². The number of hydrogen-bond donors (Lipinski definition) is 1. The summed E-state index contributed by atoms with van der Waals surface area (Å²) in [6.45, 7) is 1.10. The van der Waals surface area contributed by atoms with Crippen molar-refractivity contribution in [2.45, 2.75) is 17.6 Å². The summed E-state index contributed by atoms with van der Waals surface area (Å²) < 4.78 is 40.9. The Morgan fingerprint density at radius 1 is 1.21 bits per heavy atom. The molecule has 1 amide bonds. The Morgan fingerprint density at radius 3 is 2.69 bits per heavy atom. The van der Waals surface area contributed by atoms with Crippen LogP contribution in [0.5, 0.6) is 5.75 Å². The lowest BCUT2D eigenvalue weighted by atomic mass is 10.1. The molecule has 0 atom stereocenters. The van der Waals surface area contributed by atoms with Gasteiger partial charge in [0.05, 0.1) is 12.8 Å². The van der Waals surface area contributed by atoms with Crippen LogP contribution in [0.2, 0.25) is 0 Å². The summed E-state index contributed by atoms with van der Waals surface area (Å²) in [6.07, 6.45) is 0. The third-order valence-corrected chi connectivity index (χ3v) is 4.83. The number of alkyl halides is 2. The van der Waals surface area contributed by atoms with Crippen molar-refractivity contribution in [3.8, 4) is 5.75 Å². The molecule has 1 heterocycles. The monoisotopic (exact) mass is 421 g/mol. The SMILES string of the molecule is COc1ccc2oc(C(=O)OCC(=O)Nc3ccccc3SC(F)F)c(C)c2c1. The quantitative estimate of drug-likeness (QED) is 0.434. The fourth-order valence-electron chi connectivity index (χ4n) is 2.67. The number of furan rings is 1. The lowest BCUT2D eigenvalue weighted by molar-refractivity contribution is -0.119. The van der Waals surface area contributed by atoms with E-state index in [4.69, 9.17) is 13.9 Å². The van der Waals surface area contributed by atoms with E-state index in [0.717, 1.165) is 0 Å². The third-order valence-electron chi connectivity index (χ3n) is 4.04. The number of ether oxygens (including phenoxy) is 2. The van der Waals surface area contributed by atoms with E-state index in [0.29, 0.717) is 34.0 Å². The molecule has 9 heteroatoms. The highest BCUT2D eigenvalue weighted by atomic mass is 32.2. The Bertz CT molecular complexity index is 1050.